The van der Waals surface area contributed by atoms with E-state index in [1.165, 1.54) is 11.0 Å². The van der Waals surface area contributed by atoms with E-state index in [0.717, 1.165) is 43.2 Å². The number of hydrogen-bond acceptors (Lipinski definition) is 6. The molecular formula is C19H19ClN6O2. The van der Waals surface area contributed by atoms with Gasteiger partial charge in [0.25, 0.3) is 5.91 Å². The van der Waals surface area contributed by atoms with Crippen LogP contribution in [-0.2, 0) is 4.74 Å². The van der Waals surface area contributed by atoms with E-state index in [1.54, 1.807) is 18.2 Å². The summed E-state index contributed by atoms with van der Waals surface area (Å²) in [7, 11) is 0. The van der Waals surface area contributed by atoms with Gasteiger partial charge in [-0.25, -0.2) is 4.68 Å². The number of tetrazole rings is 1. The van der Waals surface area contributed by atoms with Gasteiger partial charge in [0.1, 0.15) is 6.33 Å². The number of halogens is 1. The number of ether oxygens (including phenoxy) is 1. The zero-order valence-corrected chi connectivity index (χ0v) is 16.1. The number of hydrogen-bond donors (Lipinski definition) is 1. The van der Waals surface area contributed by atoms with E-state index in [-0.39, 0.29) is 5.91 Å². The van der Waals surface area contributed by atoms with Gasteiger partial charge in [0.05, 0.1) is 29.5 Å². The van der Waals surface area contributed by atoms with Crippen molar-refractivity contribution in [3.05, 3.63) is 58.9 Å². The van der Waals surface area contributed by atoms with Crippen LogP contribution >= 0.6 is 11.6 Å². The number of nitrogens with one attached hydrogen (secondary N) is 1. The fourth-order valence-corrected chi connectivity index (χ4v) is 3.37. The molecule has 1 N–H and O–H groups in total. The van der Waals surface area contributed by atoms with Crippen molar-refractivity contribution in [2.75, 3.05) is 36.5 Å². The number of amides is 1. The lowest BCUT2D eigenvalue weighted by atomic mass is 10.1. The van der Waals surface area contributed by atoms with Gasteiger partial charge < -0.3 is 15.0 Å². The molecule has 1 fully saturated rings. The molecular weight excluding hydrogens is 380 g/mol. The number of anilines is 2. The lowest BCUT2D eigenvalue weighted by Crippen LogP contribution is -2.36. The van der Waals surface area contributed by atoms with Crippen molar-refractivity contribution in [2.24, 2.45) is 0 Å². The summed E-state index contributed by atoms with van der Waals surface area (Å²) in [4.78, 5) is 15.0. The molecule has 3 aromatic rings. The molecule has 8 nitrogen and oxygen atoms in total. The lowest BCUT2D eigenvalue weighted by molar-refractivity contribution is 0.102. The summed E-state index contributed by atoms with van der Waals surface area (Å²) in [6.45, 7) is 5.18. The largest absolute Gasteiger partial charge is 0.378 e. The highest BCUT2D eigenvalue weighted by molar-refractivity contribution is 6.34. The Morgan fingerprint density at radius 2 is 1.93 bits per heavy atom. The second kappa shape index (κ2) is 7.95. The van der Waals surface area contributed by atoms with Crippen molar-refractivity contribution in [3.8, 4) is 5.69 Å². The number of rotatable bonds is 4. The Morgan fingerprint density at radius 1 is 1.14 bits per heavy atom. The van der Waals surface area contributed by atoms with E-state index < -0.39 is 0 Å². The van der Waals surface area contributed by atoms with Gasteiger partial charge in [-0.05, 0) is 59.3 Å². The Kier molecular flexibility index (Phi) is 5.23. The number of morpholine rings is 1. The number of carbonyl (C=O) groups excluding carboxylic acids is 1. The average molecular weight is 399 g/mol. The molecule has 1 amide bonds. The van der Waals surface area contributed by atoms with Crippen molar-refractivity contribution < 1.29 is 9.53 Å². The van der Waals surface area contributed by atoms with Gasteiger partial charge in [-0.2, -0.15) is 0 Å². The Bertz CT molecular complexity index is 986. The standard InChI is InChI=1S/C19H19ClN6O2/c1-13-10-14(25-6-8-28-9-7-25)3-5-18(13)22-19(27)16-4-2-15(11-17(16)20)26-12-21-23-24-26/h2-5,10-12H,6-9H2,1H3,(H,22,27). The number of carbonyl (C=O) groups is 1. The predicted molar refractivity (Wildman–Crippen MR) is 106 cm³/mol. The van der Waals surface area contributed by atoms with Gasteiger partial charge in [0.2, 0.25) is 0 Å². The zero-order valence-electron chi connectivity index (χ0n) is 15.3. The number of aryl methyl sites for hydroxylation is 1. The summed E-state index contributed by atoms with van der Waals surface area (Å²) in [6.07, 6.45) is 1.46. The van der Waals surface area contributed by atoms with Crippen molar-refractivity contribution in [1.29, 1.82) is 0 Å². The average Bonchev–Trinajstić information content (AvgIpc) is 3.25. The minimum absolute atomic E-state index is 0.268. The van der Waals surface area contributed by atoms with Crippen LogP contribution in [0.3, 0.4) is 0 Å². The van der Waals surface area contributed by atoms with E-state index in [0.29, 0.717) is 16.3 Å². The van der Waals surface area contributed by atoms with Crippen molar-refractivity contribution in [1.82, 2.24) is 20.2 Å². The summed E-state index contributed by atoms with van der Waals surface area (Å²) in [5, 5.41) is 14.3. The molecule has 0 atom stereocenters. The molecule has 0 spiro atoms. The van der Waals surface area contributed by atoms with E-state index in [2.05, 4.69) is 31.8 Å². The van der Waals surface area contributed by atoms with E-state index in [4.69, 9.17) is 16.3 Å². The molecule has 2 aromatic carbocycles. The first-order chi connectivity index (χ1) is 13.6. The van der Waals surface area contributed by atoms with E-state index >= 15 is 0 Å². The van der Waals surface area contributed by atoms with Gasteiger partial charge in [-0.3, -0.25) is 4.79 Å². The first kappa shape index (κ1) is 18.4. The topological polar surface area (TPSA) is 85.2 Å². The summed E-state index contributed by atoms with van der Waals surface area (Å²) in [5.74, 6) is -0.268. The van der Waals surface area contributed by atoms with E-state index in [9.17, 15) is 4.79 Å². The number of aromatic nitrogens is 4. The highest BCUT2D eigenvalue weighted by atomic mass is 35.5. The fourth-order valence-electron chi connectivity index (χ4n) is 3.11. The van der Waals surface area contributed by atoms with Crippen LogP contribution in [0.4, 0.5) is 11.4 Å². The maximum Gasteiger partial charge on any atom is 0.257 e. The van der Waals surface area contributed by atoms with Crippen LogP contribution in [0.2, 0.25) is 5.02 Å². The first-order valence-corrected chi connectivity index (χ1v) is 9.27. The second-order valence-electron chi connectivity index (χ2n) is 6.47. The van der Waals surface area contributed by atoms with Crippen LogP contribution in [0.5, 0.6) is 0 Å². The Hall–Kier alpha value is -2.97. The number of nitrogens with zero attached hydrogens (tertiary/aromatic N) is 5. The summed E-state index contributed by atoms with van der Waals surface area (Å²) in [5.41, 5.74) is 3.93. The van der Waals surface area contributed by atoms with Gasteiger partial charge >= 0.3 is 0 Å². The smallest absolute Gasteiger partial charge is 0.257 e. The first-order valence-electron chi connectivity index (χ1n) is 8.89. The third kappa shape index (κ3) is 3.83. The Labute approximate surface area is 167 Å². The van der Waals surface area contributed by atoms with Crippen molar-refractivity contribution in [2.45, 2.75) is 6.92 Å². The molecule has 0 radical (unpaired) electrons. The highest BCUT2D eigenvalue weighted by Crippen LogP contribution is 2.25. The van der Waals surface area contributed by atoms with Crippen LogP contribution in [-0.4, -0.2) is 52.4 Å². The minimum atomic E-state index is -0.268. The molecule has 1 aromatic heterocycles. The fraction of sp³-hybridized carbons (Fsp3) is 0.263. The molecule has 0 aliphatic carbocycles. The summed E-state index contributed by atoms with van der Waals surface area (Å²) >= 11 is 6.31. The van der Waals surface area contributed by atoms with Crippen LogP contribution in [0, 0.1) is 6.92 Å². The summed E-state index contributed by atoms with van der Waals surface area (Å²) < 4.78 is 6.87. The van der Waals surface area contributed by atoms with Gasteiger partial charge in [-0.15, -0.1) is 5.10 Å². The monoisotopic (exact) mass is 398 g/mol. The Balaban J connectivity index is 1.50. The van der Waals surface area contributed by atoms with Crippen molar-refractivity contribution in [3.63, 3.8) is 0 Å². The molecule has 1 aliphatic rings. The maximum atomic E-state index is 12.7. The van der Waals surface area contributed by atoms with Crippen LogP contribution < -0.4 is 10.2 Å². The summed E-state index contributed by atoms with van der Waals surface area (Å²) in [6, 6.07) is 11.1. The van der Waals surface area contributed by atoms with Crippen LogP contribution in [0.15, 0.2) is 42.7 Å². The molecule has 0 bridgehead atoms. The van der Waals surface area contributed by atoms with Gasteiger partial charge in [-0.1, -0.05) is 11.6 Å². The molecule has 2 heterocycles. The minimum Gasteiger partial charge on any atom is -0.378 e. The number of benzene rings is 2. The normalized spacial score (nSPS) is 14.1. The third-order valence-electron chi connectivity index (χ3n) is 4.65. The SMILES string of the molecule is Cc1cc(N2CCOCC2)ccc1NC(=O)c1ccc(-n2cnnn2)cc1Cl. The molecule has 4 rings (SSSR count). The molecule has 0 unspecified atom stereocenters. The molecule has 1 aliphatic heterocycles. The molecule has 1 saturated heterocycles. The zero-order chi connectivity index (χ0) is 19.5. The molecule has 0 saturated carbocycles. The van der Waals surface area contributed by atoms with Crippen LogP contribution in [0.25, 0.3) is 5.69 Å². The maximum absolute atomic E-state index is 12.7. The van der Waals surface area contributed by atoms with Crippen LogP contribution in [0.1, 0.15) is 15.9 Å². The van der Waals surface area contributed by atoms with Gasteiger partial charge in [0, 0.05) is 24.5 Å². The lowest BCUT2D eigenvalue weighted by Gasteiger charge is -2.29. The molecule has 28 heavy (non-hydrogen) atoms. The molecule has 144 valence electrons. The second-order valence-corrected chi connectivity index (χ2v) is 6.88. The van der Waals surface area contributed by atoms with Gasteiger partial charge in [0.15, 0.2) is 0 Å². The van der Waals surface area contributed by atoms with Crippen molar-refractivity contribution >= 4 is 28.9 Å². The quantitative estimate of drug-likeness (QED) is 0.727. The van der Waals surface area contributed by atoms with E-state index in [1.807, 2.05) is 19.1 Å². The third-order valence-corrected chi connectivity index (χ3v) is 4.96. The predicted octanol–water partition coefficient (Wildman–Crippen LogP) is 2.71. The Morgan fingerprint density at radius 3 is 2.61 bits per heavy atom. The molecule has 9 heteroatoms. The highest BCUT2D eigenvalue weighted by Gasteiger charge is 2.15.